The van der Waals surface area contributed by atoms with E-state index in [1.165, 1.54) is 89.9 Å². The lowest BCUT2D eigenvalue weighted by atomic mass is 10.1. The summed E-state index contributed by atoms with van der Waals surface area (Å²) in [5.74, 6) is -0.666. The van der Waals surface area contributed by atoms with Gasteiger partial charge in [0.05, 0.1) is 6.61 Å². The number of carbonyl (C=O) groups excluding carboxylic acids is 2. The first kappa shape index (κ1) is 43.6. The highest BCUT2D eigenvalue weighted by atomic mass is 16.6. The number of esters is 2. The molecule has 0 aliphatic carbocycles. The molecule has 0 spiro atoms. The predicted octanol–water partition coefficient (Wildman–Crippen LogP) is 11.6. The zero-order valence-electron chi connectivity index (χ0n) is 29.8. The summed E-state index contributed by atoms with van der Waals surface area (Å²) in [6.07, 6.45) is 47.0. The molecule has 1 atom stereocenters. The van der Waals surface area contributed by atoms with Gasteiger partial charge in [-0.15, -0.1) is 0 Å². The van der Waals surface area contributed by atoms with Crippen molar-refractivity contribution in [1.29, 1.82) is 0 Å². The number of allylic oxidation sites excluding steroid dienone is 10. The molecule has 0 amide bonds. The van der Waals surface area contributed by atoms with Crippen molar-refractivity contribution < 1.29 is 24.2 Å². The standard InChI is InChI=1S/C41H70O5/c1-3-5-7-9-11-13-15-17-19-20-22-24-26-28-30-32-34-36-41(44)46-39(37-42)38-45-40(43)35-33-31-29-27-25-23-21-18-16-14-12-10-8-6-4-2/h11,13-14,16-17,19,22,24,28,30,39,42H,3-10,12,15,18,20-21,23,25-27,29,31-38H2,1-2H3/b13-11-,16-14-,19-17-,24-22-,30-28-/t39-/m0/s1. The Morgan fingerprint density at radius 1 is 0.500 bits per heavy atom. The largest absolute Gasteiger partial charge is 0.462 e. The molecule has 1 N–H and O–H groups in total. The van der Waals surface area contributed by atoms with Gasteiger partial charge in [-0.3, -0.25) is 9.59 Å². The Morgan fingerprint density at radius 2 is 0.891 bits per heavy atom. The second kappa shape index (κ2) is 37.1. The van der Waals surface area contributed by atoms with Gasteiger partial charge >= 0.3 is 11.9 Å². The van der Waals surface area contributed by atoms with E-state index < -0.39 is 6.10 Å². The van der Waals surface area contributed by atoms with E-state index in [1.807, 2.05) is 0 Å². The van der Waals surface area contributed by atoms with E-state index in [4.69, 9.17) is 9.47 Å². The van der Waals surface area contributed by atoms with Gasteiger partial charge in [-0.05, 0) is 77.0 Å². The van der Waals surface area contributed by atoms with Gasteiger partial charge in [0, 0.05) is 12.8 Å². The first-order chi connectivity index (χ1) is 22.6. The molecule has 5 heteroatoms. The Balaban J connectivity index is 3.69. The van der Waals surface area contributed by atoms with Gasteiger partial charge in [0.25, 0.3) is 0 Å². The van der Waals surface area contributed by atoms with Crippen LogP contribution in [0.4, 0.5) is 0 Å². The molecule has 0 aromatic carbocycles. The molecule has 0 rings (SSSR count). The number of hydrogen-bond donors (Lipinski definition) is 1. The number of carbonyl (C=O) groups is 2. The molecular formula is C41H70O5. The van der Waals surface area contributed by atoms with Gasteiger partial charge < -0.3 is 14.6 Å². The van der Waals surface area contributed by atoms with Crippen molar-refractivity contribution in [3.8, 4) is 0 Å². The third kappa shape index (κ3) is 34.5. The maximum absolute atomic E-state index is 12.1. The Bertz CT molecular complexity index is 823. The lowest BCUT2D eigenvalue weighted by Crippen LogP contribution is -2.28. The summed E-state index contributed by atoms with van der Waals surface area (Å²) in [5.41, 5.74) is 0. The fourth-order valence-corrected chi connectivity index (χ4v) is 4.89. The Hall–Kier alpha value is -2.40. The van der Waals surface area contributed by atoms with Gasteiger partial charge in [-0.25, -0.2) is 0 Å². The summed E-state index contributed by atoms with van der Waals surface area (Å²) in [6, 6.07) is 0. The van der Waals surface area contributed by atoms with Crippen molar-refractivity contribution in [3.63, 3.8) is 0 Å². The Morgan fingerprint density at radius 3 is 1.43 bits per heavy atom. The molecule has 0 fully saturated rings. The molecule has 0 heterocycles. The molecule has 0 radical (unpaired) electrons. The summed E-state index contributed by atoms with van der Waals surface area (Å²) < 4.78 is 10.5. The van der Waals surface area contributed by atoms with Crippen LogP contribution in [0.5, 0.6) is 0 Å². The van der Waals surface area contributed by atoms with Crippen molar-refractivity contribution >= 4 is 11.9 Å². The van der Waals surface area contributed by atoms with Crippen LogP contribution in [-0.4, -0.2) is 36.4 Å². The fraction of sp³-hybridized carbons (Fsp3) is 0.707. The first-order valence-corrected chi connectivity index (χ1v) is 18.8. The van der Waals surface area contributed by atoms with Crippen molar-refractivity contribution in [1.82, 2.24) is 0 Å². The maximum atomic E-state index is 12.1. The highest BCUT2D eigenvalue weighted by Crippen LogP contribution is 2.12. The topological polar surface area (TPSA) is 72.8 Å². The normalized spacial score (nSPS) is 12.8. The average Bonchev–Trinajstić information content (AvgIpc) is 3.06. The lowest BCUT2D eigenvalue weighted by Gasteiger charge is -2.15. The van der Waals surface area contributed by atoms with Crippen molar-refractivity contribution in [3.05, 3.63) is 60.8 Å². The molecule has 0 unspecified atom stereocenters. The summed E-state index contributed by atoms with van der Waals surface area (Å²) in [5, 5.41) is 9.53. The second-order valence-electron chi connectivity index (χ2n) is 12.3. The highest BCUT2D eigenvalue weighted by molar-refractivity contribution is 5.70. The summed E-state index contributed by atoms with van der Waals surface area (Å²) in [6.45, 7) is 4.03. The van der Waals surface area contributed by atoms with Crippen LogP contribution in [0.2, 0.25) is 0 Å². The molecule has 0 bridgehead atoms. The second-order valence-corrected chi connectivity index (χ2v) is 12.3. The number of aliphatic hydroxyl groups excluding tert-OH is 1. The van der Waals surface area contributed by atoms with E-state index in [2.05, 4.69) is 74.6 Å². The molecular weight excluding hydrogens is 572 g/mol. The first-order valence-electron chi connectivity index (χ1n) is 18.8. The minimum atomic E-state index is -0.802. The van der Waals surface area contributed by atoms with E-state index in [0.29, 0.717) is 12.8 Å². The van der Waals surface area contributed by atoms with Crippen LogP contribution in [0.3, 0.4) is 0 Å². The smallest absolute Gasteiger partial charge is 0.306 e. The Labute approximate surface area is 283 Å². The third-order valence-electron chi connectivity index (χ3n) is 7.78. The fourth-order valence-electron chi connectivity index (χ4n) is 4.89. The lowest BCUT2D eigenvalue weighted by molar-refractivity contribution is -0.161. The minimum Gasteiger partial charge on any atom is -0.462 e. The quantitative estimate of drug-likeness (QED) is 0.0438. The minimum absolute atomic E-state index is 0.0918. The monoisotopic (exact) mass is 643 g/mol. The molecule has 0 saturated carbocycles. The zero-order valence-corrected chi connectivity index (χ0v) is 29.8. The molecule has 264 valence electrons. The highest BCUT2D eigenvalue weighted by Gasteiger charge is 2.15. The van der Waals surface area contributed by atoms with Crippen LogP contribution in [-0.2, 0) is 19.1 Å². The Kier molecular flexibility index (Phi) is 35.1. The SMILES string of the molecule is CCCCC/C=C\C/C=C\C/C=C\C/C=C\CCCC(=O)O[C@@H](CO)COC(=O)CCCCCCCCC/C=C\CCCCCC. The number of hydrogen-bond acceptors (Lipinski definition) is 5. The predicted molar refractivity (Wildman–Crippen MR) is 196 cm³/mol. The summed E-state index contributed by atoms with van der Waals surface area (Å²) in [4.78, 5) is 24.2. The van der Waals surface area contributed by atoms with Gasteiger partial charge in [-0.2, -0.15) is 0 Å². The van der Waals surface area contributed by atoms with Crippen LogP contribution in [0.1, 0.15) is 168 Å². The van der Waals surface area contributed by atoms with Crippen LogP contribution < -0.4 is 0 Å². The number of unbranched alkanes of at least 4 members (excludes halogenated alkanes) is 15. The molecule has 0 aromatic heterocycles. The summed E-state index contributed by atoms with van der Waals surface area (Å²) in [7, 11) is 0. The summed E-state index contributed by atoms with van der Waals surface area (Å²) >= 11 is 0. The third-order valence-corrected chi connectivity index (χ3v) is 7.78. The molecule has 0 saturated heterocycles. The van der Waals surface area contributed by atoms with Gasteiger partial charge in [0.2, 0.25) is 0 Å². The van der Waals surface area contributed by atoms with Crippen molar-refractivity contribution in [2.75, 3.05) is 13.2 Å². The molecule has 0 aliphatic heterocycles. The zero-order chi connectivity index (χ0) is 33.6. The van der Waals surface area contributed by atoms with E-state index >= 15 is 0 Å². The van der Waals surface area contributed by atoms with Crippen LogP contribution >= 0.6 is 0 Å². The van der Waals surface area contributed by atoms with Gasteiger partial charge in [-0.1, -0.05) is 139 Å². The van der Waals surface area contributed by atoms with Crippen LogP contribution in [0, 0.1) is 0 Å². The van der Waals surface area contributed by atoms with E-state index in [-0.39, 0.29) is 31.6 Å². The van der Waals surface area contributed by atoms with E-state index in [1.54, 1.807) is 0 Å². The average molecular weight is 643 g/mol. The van der Waals surface area contributed by atoms with Crippen molar-refractivity contribution in [2.45, 2.75) is 174 Å². The maximum Gasteiger partial charge on any atom is 0.306 e. The number of rotatable bonds is 33. The van der Waals surface area contributed by atoms with Crippen LogP contribution in [0.15, 0.2) is 60.8 Å². The molecule has 46 heavy (non-hydrogen) atoms. The van der Waals surface area contributed by atoms with Crippen LogP contribution in [0.25, 0.3) is 0 Å². The van der Waals surface area contributed by atoms with Gasteiger partial charge in [0.1, 0.15) is 6.61 Å². The molecule has 0 aliphatic rings. The van der Waals surface area contributed by atoms with E-state index in [9.17, 15) is 14.7 Å². The number of ether oxygens (including phenoxy) is 2. The van der Waals surface area contributed by atoms with E-state index in [0.717, 1.165) is 44.9 Å². The molecule has 5 nitrogen and oxygen atoms in total. The van der Waals surface area contributed by atoms with Gasteiger partial charge in [0.15, 0.2) is 6.10 Å². The number of aliphatic hydroxyl groups is 1. The molecule has 0 aromatic rings. The van der Waals surface area contributed by atoms with Crippen molar-refractivity contribution in [2.24, 2.45) is 0 Å².